The van der Waals surface area contributed by atoms with Gasteiger partial charge in [0.1, 0.15) is 11.6 Å². The summed E-state index contributed by atoms with van der Waals surface area (Å²) < 4.78 is 5.17. The van der Waals surface area contributed by atoms with Crippen molar-refractivity contribution < 1.29 is 4.74 Å². The molecule has 2 rings (SSSR count). The second kappa shape index (κ2) is 4.10. The smallest absolute Gasteiger partial charge is 0.223 e. The SMILES string of the molecule is COC(C)Cc1nc(N)nc(C2CC2)n1. The molecule has 0 saturated heterocycles. The average Bonchev–Trinajstić information content (AvgIpc) is 2.99. The van der Waals surface area contributed by atoms with Crippen molar-refractivity contribution in [2.75, 3.05) is 12.8 Å². The monoisotopic (exact) mass is 208 g/mol. The van der Waals surface area contributed by atoms with Crippen LogP contribution in [0.5, 0.6) is 0 Å². The molecular formula is C10H16N4O. The molecule has 0 bridgehead atoms. The predicted molar refractivity (Wildman–Crippen MR) is 56.4 cm³/mol. The van der Waals surface area contributed by atoms with E-state index in [9.17, 15) is 0 Å². The molecular weight excluding hydrogens is 192 g/mol. The van der Waals surface area contributed by atoms with E-state index in [4.69, 9.17) is 10.5 Å². The van der Waals surface area contributed by atoms with Crippen LogP contribution in [0.2, 0.25) is 0 Å². The van der Waals surface area contributed by atoms with Crippen LogP contribution in [0.3, 0.4) is 0 Å². The van der Waals surface area contributed by atoms with Gasteiger partial charge in [-0.3, -0.25) is 0 Å². The summed E-state index contributed by atoms with van der Waals surface area (Å²) in [6.07, 6.45) is 3.13. The average molecular weight is 208 g/mol. The number of hydrogen-bond donors (Lipinski definition) is 1. The molecule has 1 unspecified atom stereocenters. The number of aromatic nitrogens is 3. The van der Waals surface area contributed by atoms with E-state index in [-0.39, 0.29) is 6.10 Å². The molecule has 1 fully saturated rings. The van der Waals surface area contributed by atoms with Crippen LogP contribution in [0.1, 0.15) is 37.3 Å². The summed E-state index contributed by atoms with van der Waals surface area (Å²) in [6.45, 7) is 1.98. The summed E-state index contributed by atoms with van der Waals surface area (Å²) in [4.78, 5) is 12.7. The maximum atomic E-state index is 5.64. The molecule has 5 nitrogen and oxygen atoms in total. The lowest BCUT2D eigenvalue weighted by Gasteiger charge is -2.08. The van der Waals surface area contributed by atoms with Gasteiger partial charge in [-0.2, -0.15) is 9.97 Å². The third kappa shape index (κ3) is 2.62. The van der Waals surface area contributed by atoms with Crippen molar-refractivity contribution >= 4 is 5.95 Å². The fourth-order valence-electron chi connectivity index (χ4n) is 1.41. The van der Waals surface area contributed by atoms with E-state index in [0.29, 0.717) is 18.3 Å². The first kappa shape index (κ1) is 10.3. The molecule has 5 heteroatoms. The number of anilines is 1. The number of methoxy groups -OCH3 is 1. The van der Waals surface area contributed by atoms with Crippen LogP contribution in [0.15, 0.2) is 0 Å². The Bertz CT molecular complexity index is 351. The molecule has 15 heavy (non-hydrogen) atoms. The van der Waals surface area contributed by atoms with Crippen LogP contribution in [-0.2, 0) is 11.2 Å². The Morgan fingerprint density at radius 1 is 1.40 bits per heavy atom. The van der Waals surface area contributed by atoms with Gasteiger partial charge in [-0.05, 0) is 19.8 Å². The Morgan fingerprint density at radius 3 is 2.73 bits per heavy atom. The van der Waals surface area contributed by atoms with Crippen LogP contribution >= 0.6 is 0 Å². The van der Waals surface area contributed by atoms with Crippen molar-refractivity contribution in [3.63, 3.8) is 0 Å². The zero-order valence-electron chi connectivity index (χ0n) is 9.10. The van der Waals surface area contributed by atoms with Gasteiger partial charge in [0, 0.05) is 19.4 Å². The van der Waals surface area contributed by atoms with Gasteiger partial charge in [-0.25, -0.2) is 4.98 Å². The maximum Gasteiger partial charge on any atom is 0.223 e. The molecule has 82 valence electrons. The normalized spacial score (nSPS) is 17.7. The zero-order chi connectivity index (χ0) is 10.8. The molecule has 0 spiro atoms. The van der Waals surface area contributed by atoms with Crippen LogP contribution in [0.4, 0.5) is 5.95 Å². The van der Waals surface area contributed by atoms with Crippen molar-refractivity contribution in [2.45, 2.75) is 38.2 Å². The molecule has 2 N–H and O–H groups in total. The van der Waals surface area contributed by atoms with Crippen molar-refractivity contribution in [3.8, 4) is 0 Å². The molecule has 1 aliphatic rings. The molecule has 0 aliphatic heterocycles. The number of hydrogen-bond acceptors (Lipinski definition) is 5. The molecule has 1 atom stereocenters. The number of nitrogen functional groups attached to an aromatic ring is 1. The van der Waals surface area contributed by atoms with Crippen LogP contribution in [0.25, 0.3) is 0 Å². The second-order valence-corrected chi connectivity index (χ2v) is 3.99. The standard InChI is InChI=1S/C10H16N4O/c1-6(15-2)5-8-12-9(7-3-4-7)14-10(11)13-8/h6-7H,3-5H2,1-2H3,(H2,11,12,13,14). The predicted octanol–water partition coefficient (Wildman–Crippen LogP) is 0.909. The summed E-state index contributed by atoms with van der Waals surface area (Å²) >= 11 is 0. The van der Waals surface area contributed by atoms with Crippen molar-refractivity contribution in [1.29, 1.82) is 0 Å². The van der Waals surface area contributed by atoms with Gasteiger partial charge in [-0.1, -0.05) is 0 Å². The molecule has 1 aliphatic carbocycles. The fraction of sp³-hybridized carbons (Fsp3) is 0.700. The first-order valence-corrected chi connectivity index (χ1v) is 5.22. The van der Waals surface area contributed by atoms with Crippen molar-refractivity contribution in [1.82, 2.24) is 15.0 Å². The quantitative estimate of drug-likeness (QED) is 0.796. The molecule has 1 aromatic heterocycles. The van der Waals surface area contributed by atoms with E-state index in [1.165, 1.54) is 12.8 Å². The summed E-state index contributed by atoms with van der Waals surface area (Å²) in [7, 11) is 1.68. The lowest BCUT2D eigenvalue weighted by atomic mass is 10.2. The lowest BCUT2D eigenvalue weighted by Crippen LogP contribution is -2.14. The Labute approximate surface area is 89.1 Å². The fourth-order valence-corrected chi connectivity index (χ4v) is 1.41. The molecule has 0 amide bonds. The molecule has 0 aromatic carbocycles. The number of rotatable bonds is 4. The Hall–Kier alpha value is -1.23. The van der Waals surface area contributed by atoms with E-state index in [1.54, 1.807) is 7.11 Å². The number of ether oxygens (including phenoxy) is 1. The summed E-state index contributed by atoms with van der Waals surface area (Å²) in [6, 6.07) is 0. The summed E-state index contributed by atoms with van der Waals surface area (Å²) in [5.41, 5.74) is 5.64. The van der Waals surface area contributed by atoms with Gasteiger partial charge < -0.3 is 10.5 Å². The molecule has 1 heterocycles. The second-order valence-electron chi connectivity index (χ2n) is 3.99. The molecule has 1 saturated carbocycles. The van der Waals surface area contributed by atoms with Gasteiger partial charge in [0.2, 0.25) is 5.95 Å². The van der Waals surface area contributed by atoms with Crippen molar-refractivity contribution in [2.24, 2.45) is 0 Å². The maximum absolute atomic E-state index is 5.64. The van der Waals surface area contributed by atoms with Gasteiger partial charge in [-0.15, -0.1) is 0 Å². The Kier molecular flexibility index (Phi) is 2.81. The summed E-state index contributed by atoms with van der Waals surface area (Å²) in [5, 5.41) is 0. The minimum atomic E-state index is 0.110. The van der Waals surface area contributed by atoms with E-state index >= 15 is 0 Å². The van der Waals surface area contributed by atoms with E-state index in [1.807, 2.05) is 6.92 Å². The largest absolute Gasteiger partial charge is 0.381 e. The molecule has 0 radical (unpaired) electrons. The topological polar surface area (TPSA) is 73.9 Å². The van der Waals surface area contributed by atoms with Crippen LogP contribution in [-0.4, -0.2) is 28.2 Å². The Morgan fingerprint density at radius 2 is 2.13 bits per heavy atom. The van der Waals surface area contributed by atoms with Gasteiger partial charge in [0.05, 0.1) is 6.10 Å². The highest BCUT2D eigenvalue weighted by Crippen LogP contribution is 2.38. The Balaban J connectivity index is 2.15. The van der Waals surface area contributed by atoms with Crippen LogP contribution in [0, 0.1) is 0 Å². The third-order valence-corrected chi connectivity index (χ3v) is 2.53. The zero-order valence-corrected chi connectivity index (χ0v) is 9.10. The van der Waals surface area contributed by atoms with Gasteiger partial charge >= 0.3 is 0 Å². The van der Waals surface area contributed by atoms with Gasteiger partial charge in [0.15, 0.2) is 0 Å². The minimum Gasteiger partial charge on any atom is -0.381 e. The molecule has 1 aromatic rings. The van der Waals surface area contributed by atoms with E-state index < -0.39 is 0 Å². The highest BCUT2D eigenvalue weighted by atomic mass is 16.5. The van der Waals surface area contributed by atoms with E-state index in [2.05, 4.69) is 15.0 Å². The highest BCUT2D eigenvalue weighted by Gasteiger charge is 2.27. The highest BCUT2D eigenvalue weighted by molar-refractivity contribution is 5.19. The summed E-state index contributed by atoms with van der Waals surface area (Å²) in [5.74, 6) is 2.41. The number of nitrogens with two attached hydrogens (primary N) is 1. The van der Waals surface area contributed by atoms with Gasteiger partial charge in [0.25, 0.3) is 0 Å². The van der Waals surface area contributed by atoms with Crippen LogP contribution < -0.4 is 5.73 Å². The lowest BCUT2D eigenvalue weighted by molar-refractivity contribution is 0.117. The third-order valence-electron chi connectivity index (χ3n) is 2.53. The first-order chi connectivity index (χ1) is 7.19. The first-order valence-electron chi connectivity index (χ1n) is 5.22. The van der Waals surface area contributed by atoms with E-state index in [0.717, 1.165) is 11.6 Å². The van der Waals surface area contributed by atoms with Crippen molar-refractivity contribution in [3.05, 3.63) is 11.6 Å². The number of nitrogens with zero attached hydrogens (tertiary/aromatic N) is 3. The minimum absolute atomic E-state index is 0.110.